The van der Waals surface area contributed by atoms with Crippen LogP contribution in [0.2, 0.25) is 5.15 Å². The molecule has 0 fully saturated rings. The molecular formula is C19H18ClN7O3. The van der Waals surface area contributed by atoms with Crippen LogP contribution in [0.25, 0.3) is 11.5 Å². The maximum Gasteiger partial charge on any atom is 0.404 e. The molecule has 11 heteroatoms. The van der Waals surface area contributed by atoms with Crippen LogP contribution >= 0.6 is 11.6 Å². The van der Waals surface area contributed by atoms with Crippen LogP contribution in [0.5, 0.6) is 0 Å². The smallest absolute Gasteiger partial charge is 0.404 e. The molecule has 4 rings (SSSR count). The Kier molecular flexibility index (Phi) is 5.32. The van der Waals surface area contributed by atoms with Crippen LogP contribution in [-0.2, 0) is 19.6 Å². The van der Waals surface area contributed by atoms with Crippen LogP contribution in [0, 0.1) is 0 Å². The Morgan fingerprint density at radius 2 is 2.17 bits per heavy atom. The second-order valence-electron chi connectivity index (χ2n) is 6.70. The SMILES string of the molecule is CCCn1cnnc1-c1cccc(N2Cc3c(cc(Cl)nc3CNC(=O)O)C2=O)n1. The van der Waals surface area contributed by atoms with E-state index < -0.39 is 6.09 Å². The highest BCUT2D eigenvalue weighted by atomic mass is 35.5. The van der Waals surface area contributed by atoms with Gasteiger partial charge < -0.3 is 15.0 Å². The maximum atomic E-state index is 13.0. The molecule has 10 nitrogen and oxygen atoms in total. The molecule has 2 amide bonds. The highest BCUT2D eigenvalue weighted by molar-refractivity contribution is 6.30. The van der Waals surface area contributed by atoms with Gasteiger partial charge in [0.15, 0.2) is 5.82 Å². The van der Waals surface area contributed by atoms with Crippen molar-refractivity contribution in [1.82, 2.24) is 30.0 Å². The zero-order valence-corrected chi connectivity index (χ0v) is 16.8. The third kappa shape index (κ3) is 3.69. The van der Waals surface area contributed by atoms with E-state index >= 15 is 0 Å². The average Bonchev–Trinajstić information content (AvgIpc) is 3.31. The number of nitrogens with zero attached hydrogens (tertiary/aromatic N) is 6. The van der Waals surface area contributed by atoms with E-state index in [9.17, 15) is 9.59 Å². The fourth-order valence-corrected chi connectivity index (χ4v) is 3.59. The highest BCUT2D eigenvalue weighted by Gasteiger charge is 2.32. The highest BCUT2D eigenvalue weighted by Crippen LogP contribution is 2.31. The van der Waals surface area contributed by atoms with Crippen LogP contribution in [0.4, 0.5) is 10.6 Å². The fourth-order valence-electron chi connectivity index (χ4n) is 3.38. The topological polar surface area (TPSA) is 126 Å². The minimum Gasteiger partial charge on any atom is -0.465 e. The summed E-state index contributed by atoms with van der Waals surface area (Å²) in [5.74, 6) is 0.803. The van der Waals surface area contributed by atoms with Crippen molar-refractivity contribution in [3.8, 4) is 11.5 Å². The van der Waals surface area contributed by atoms with Crippen molar-refractivity contribution in [2.45, 2.75) is 33.0 Å². The number of aromatic nitrogens is 5. The Hall–Kier alpha value is -3.53. The first kappa shape index (κ1) is 19.8. The van der Waals surface area contributed by atoms with Crippen LogP contribution in [0.1, 0.15) is 35.0 Å². The number of hydrogen-bond acceptors (Lipinski definition) is 6. The summed E-state index contributed by atoms with van der Waals surface area (Å²) in [6.07, 6.45) is 1.39. The lowest BCUT2D eigenvalue weighted by atomic mass is 10.1. The second-order valence-corrected chi connectivity index (χ2v) is 7.08. The molecule has 0 bridgehead atoms. The number of amides is 2. The Morgan fingerprint density at radius 3 is 2.93 bits per heavy atom. The monoisotopic (exact) mass is 427 g/mol. The third-order valence-corrected chi connectivity index (χ3v) is 4.89. The van der Waals surface area contributed by atoms with Gasteiger partial charge in [-0.3, -0.25) is 9.69 Å². The van der Waals surface area contributed by atoms with E-state index in [1.165, 1.54) is 11.0 Å². The minimum atomic E-state index is -1.18. The molecule has 30 heavy (non-hydrogen) atoms. The zero-order chi connectivity index (χ0) is 21.3. The van der Waals surface area contributed by atoms with Crippen molar-refractivity contribution >= 4 is 29.4 Å². The number of anilines is 1. The standard InChI is InChI=1S/C19H18ClN7O3/c1-2-6-26-10-22-25-17(26)13-4-3-5-16(24-13)27-9-12-11(18(27)28)7-15(20)23-14(12)8-21-19(29)30/h3-5,7,10,21H,2,6,8-9H2,1H3,(H,29,30). The number of carbonyl (C=O) groups excluding carboxylic acids is 1. The Balaban J connectivity index is 1.67. The largest absolute Gasteiger partial charge is 0.465 e. The molecule has 0 spiro atoms. The first-order valence-corrected chi connectivity index (χ1v) is 9.68. The van der Waals surface area contributed by atoms with Crippen LogP contribution in [0.3, 0.4) is 0 Å². The molecule has 4 heterocycles. The van der Waals surface area contributed by atoms with Crippen molar-refractivity contribution in [1.29, 1.82) is 0 Å². The van der Waals surface area contributed by atoms with Gasteiger partial charge in [0.2, 0.25) is 0 Å². The van der Waals surface area contributed by atoms with E-state index in [0.29, 0.717) is 34.2 Å². The van der Waals surface area contributed by atoms with Gasteiger partial charge in [-0.25, -0.2) is 14.8 Å². The van der Waals surface area contributed by atoms with Gasteiger partial charge in [0.05, 0.1) is 18.8 Å². The molecule has 1 aliphatic heterocycles. The molecule has 0 unspecified atom stereocenters. The summed E-state index contributed by atoms with van der Waals surface area (Å²) in [7, 11) is 0. The van der Waals surface area contributed by atoms with Crippen LogP contribution in [-0.4, -0.2) is 41.8 Å². The van der Waals surface area contributed by atoms with Gasteiger partial charge in [0.1, 0.15) is 23.0 Å². The van der Waals surface area contributed by atoms with Gasteiger partial charge >= 0.3 is 6.09 Å². The molecule has 0 radical (unpaired) electrons. The number of halogens is 1. The summed E-state index contributed by atoms with van der Waals surface area (Å²) < 4.78 is 1.91. The number of aryl methyl sites for hydroxylation is 1. The quantitative estimate of drug-likeness (QED) is 0.579. The van der Waals surface area contributed by atoms with Gasteiger partial charge in [-0.1, -0.05) is 24.6 Å². The molecule has 2 N–H and O–H groups in total. The number of nitrogens with one attached hydrogen (secondary N) is 1. The average molecular weight is 428 g/mol. The van der Waals surface area contributed by atoms with Gasteiger partial charge in [-0.2, -0.15) is 0 Å². The molecular weight excluding hydrogens is 410 g/mol. The molecule has 3 aromatic heterocycles. The first-order chi connectivity index (χ1) is 14.5. The third-order valence-electron chi connectivity index (χ3n) is 4.70. The van der Waals surface area contributed by atoms with Gasteiger partial charge in [0, 0.05) is 17.7 Å². The van der Waals surface area contributed by atoms with Crippen molar-refractivity contribution < 1.29 is 14.7 Å². The second kappa shape index (κ2) is 8.07. The summed E-state index contributed by atoms with van der Waals surface area (Å²) in [4.78, 5) is 34.2. The maximum absolute atomic E-state index is 13.0. The summed E-state index contributed by atoms with van der Waals surface area (Å²) in [5.41, 5.74) is 2.03. The zero-order valence-electron chi connectivity index (χ0n) is 16.0. The molecule has 0 saturated carbocycles. The summed E-state index contributed by atoms with van der Waals surface area (Å²) >= 11 is 6.05. The molecule has 3 aromatic rings. The number of hydrogen-bond donors (Lipinski definition) is 2. The van der Waals surface area contributed by atoms with Crippen molar-refractivity contribution in [3.63, 3.8) is 0 Å². The molecule has 0 saturated heterocycles. The van der Waals surface area contributed by atoms with E-state index in [2.05, 4.69) is 32.4 Å². The summed E-state index contributed by atoms with van der Waals surface area (Å²) in [5, 5.41) is 19.4. The lowest BCUT2D eigenvalue weighted by Crippen LogP contribution is -2.24. The molecule has 0 aliphatic carbocycles. The molecule has 0 atom stereocenters. The van der Waals surface area contributed by atoms with E-state index in [1.54, 1.807) is 18.5 Å². The minimum absolute atomic E-state index is 0.0487. The number of pyridine rings is 2. The lowest BCUT2D eigenvalue weighted by Gasteiger charge is -2.15. The van der Waals surface area contributed by atoms with Crippen molar-refractivity contribution in [2.75, 3.05) is 4.90 Å². The predicted octanol–water partition coefficient (Wildman–Crippen LogP) is 2.73. The number of fused-ring (bicyclic) bond motifs is 1. The lowest BCUT2D eigenvalue weighted by molar-refractivity contribution is 0.0996. The van der Waals surface area contributed by atoms with Gasteiger partial charge in [-0.15, -0.1) is 10.2 Å². The van der Waals surface area contributed by atoms with Crippen LogP contribution < -0.4 is 10.2 Å². The van der Waals surface area contributed by atoms with Gasteiger partial charge in [-0.05, 0) is 24.6 Å². The van der Waals surface area contributed by atoms with Crippen LogP contribution in [0.15, 0.2) is 30.6 Å². The number of carboxylic acid groups (broad SMARTS) is 1. The molecule has 1 aliphatic rings. The fraction of sp³-hybridized carbons (Fsp3) is 0.263. The number of carbonyl (C=O) groups is 2. The van der Waals surface area contributed by atoms with E-state index in [1.807, 2.05) is 10.6 Å². The summed E-state index contributed by atoms with van der Waals surface area (Å²) in [6, 6.07) is 6.84. The normalized spacial score (nSPS) is 12.9. The van der Waals surface area contributed by atoms with Gasteiger partial charge in [0.25, 0.3) is 5.91 Å². The predicted molar refractivity (Wildman–Crippen MR) is 108 cm³/mol. The van der Waals surface area contributed by atoms with E-state index in [-0.39, 0.29) is 24.1 Å². The Labute approximate surface area is 176 Å². The van der Waals surface area contributed by atoms with Crippen molar-refractivity contribution in [3.05, 3.63) is 52.6 Å². The van der Waals surface area contributed by atoms with E-state index in [0.717, 1.165) is 13.0 Å². The molecule has 0 aromatic carbocycles. The number of rotatable bonds is 6. The molecule has 154 valence electrons. The van der Waals surface area contributed by atoms with E-state index in [4.69, 9.17) is 16.7 Å². The Bertz CT molecular complexity index is 1130. The Morgan fingerprint density at radius 1 is 1.33 bits per heavy atom. The first-order valence-electron chi connectivity index (χ1n) is 9.30. The van der Waals surface area contributed by atoms with Crippen molar-refractivity contribution in [2.24, 2.45) is 0 Å². The summed E-state index contributed by atoms with van der Waals surface area (Å²) in [6.45, 7) is 2.98.